The van der Waals surface area contributed by atoms with Gasteiger partial charge in [0.05, 0.1) is 5.60 Å². The fourth-order valence-electron chi connectivity index (χ4n) is 5.86. The SMILES string of the molecule is CN(C)CCn1ccc2c1=NCN(CC1(O)CCN(C(=O)[C@@H]3CCNC[C@H]3c3ccccc3)CC1)C=2. The van der Waals surface area contributed by atoms with E-state index in [0.717, 1.165) is 43.3 Å². The van der Waals surface area contributed by atoms with E-state index in [1.807, 2.05) is 11.0 Å². The third-order valence-corrected chi connectivity index (χ3v) is 8.01. The van der Waals surface area contributed by atoms with Gasteiger partial charge in [-0.2, -0.15) is 0 Å². The van der Waals surface area contributed by atoms with Crippen LogP contribution in [0.2, 0.25) is 0 Å². The lowest BCUT2D eigenvalue weighted by atomic mass is 9.80. The van der Waals surface area contributed by atoms with Crippen LogP contribution in [0, 0.1) is 5.92 Å². The zero-order valence-corrected chi connectivity index (χ0v) is 21.6. The second kappa shape index (κ2) is 10.7. The van der Waals surface area contributed by atoms with Crippen LogP contribution in [-0.4, -0.2) is 95.9 Å². The Bertz CT molecular complexity index is 1150. The molecule has 2 saturated heterocycles. The predicted molar refractivity (Wildman–Crippen MR) is 141 cm³/mol. The van der Waals surface area contributed by atoms with Gasteiger partial charge in [0.15, 0.2) is 0 Å². The van der Waals surface area contributed by atoms with Gasteiger partial charge in [-0.05, 0) is 51.5 Å². The van der Waals surface area contributed by atoms with Gasteiger partial charge in [0.25, 0.3) is 0 Å². The van der Waals surface area contributed by atoms with Crippen molar-refractivity contribution in [3.8, 4) is 0 Å². The number of fused-ring (bicyclic) bond motifs is 1. The van der Waals surface area contributed by atoms with Gasteiger partial charge >= 0.3 is 0 Å². The topological polar surface area (TPSA) is 76.3 Å². The Morgan fingerprint density at radius 1 is 1.19 bits per heavy atom. The summed E-state index contributed by atoms with van der Waals surface area (Å²) < 4.78 is 2.20. The minimum absolute atomic E-state index is 0.00373. The van der Waals surface area contributed by atoms with Gasteiger partial charge in [-0.1, -0.05) is 30.3 Å². The lowest BCUT2D eigenvalue weighted by Gasteiger charge is -2.43. The van der Waals surface area contributed by atoms with E-state index in [-0.39, 0.29) is 17.7 Å². The van der Waals surface area contributed by atoms with Gasteiger partial charge in [-0.25, -0.2) is 4.99 Å². The van der Waals surface area contributed by atoms with E-state index in [4.69, 9.17) is 4.99 Å². The van der Waals surface area contributed by atoms with Crippen molar-refractivity contribution < 1.29 is 9.90 Å². The van der Waals surface area contributed by atoms with Gasteiger partial charge in [0, 0.05) is 68.7 Å². The fraction of sp³-hybridized carbons (Fsp3) is 0.571. The molecule has 0 bridgehead atoms. The van der Waals surface area contributed by atoms with E-state index in [1.165, 1.54) is 5.56 Å². The van der Waals surface area contributed by atoms with Gasteiger partial charge in [0.1, 0.15) is 12.2 Å². The average Bonchev–Trinajstić information content (AvgIpc) is 3.30. The molecule has 8 heteroatoms. The monoisotopic (exact) mass is 492 g/mol. The van der Waals surface area contributed by atoms with E-state index < -0.39 is 5.60 Å². The lowest BCUT2D eigenvalue weighted by molar-refractivity contribution is -0.141. The first-order chi connectivity index (χ1) is 17.4. The van der Waals surface area contributed by atoms with Crippen molar-refractivity contribution in [2.75, 3.05) is 60.0 Å². The minimum atomic E-state index is -0.805. The van der Waals surface area contributed by atoms with Crippen LogP contribution in [0.25, 0.3) is 6.20 Å². The first-order valence-corrected chi connectivity index (χ1v) is 13.3. The quantitative estimate of drug-likeness (QED) is 0.586. The number of piperidine rings is 2. The molecule has 0 spiro atoms. The molecule has 2 aromatic rings. The maximum Gasteiger partial charge on any atom is 0.226 e. The second-order valence-electron chi connectivity index (χ2n) is 10.9. The maximum absolute atomic E-state index is 13.6. The van der Waals surface area contributed by atoms with Crippen molar-refractivity contribution in [1.82, 2.24) is 24.6 Å². The molecule has 3 aliphatic rings. The third-order valence-electron chi connectivity index (χ3n) is 8.01. The number of β-amino-alcohol motifs (C(OH)–C–C–N with tert-alkyl or cyclic N) is 1. The molecule has 194 valence electrons. The van der Waals surface area contributed by atoms with Crippen molar-refractivity contribution in [2.24, 2.45) is 10.9 Å². The Morgan fingerprint density at radius 3 is 2.72 bits per heavy atom. The van der Waals surface area contributed by atoms with Crippen LogP contribution in [0.1, 0.15) is 30.7 Å². The molecule has 1 aromatic carbocycles. The molecule has 0 unspecified atom stereocenters. The third kappa shape index (κ3) is 5.51. The summed E-state index contributed by atoms with van der Waals surface area (Å²) in [4.78, 5) is 24.6. The van der Waals surface area contributed by atoms with Crippen molar-refractivity contribution in [2.45, 2.75) is 37.3 Å². The van der Waals surface area contributed by atoms with Gasteiger partial charge in [-0.15, -0.1) is 0 Å². The number of amides is 1. The molecule has 1 amide bonds. The Labute approximate surface area is 213 Å². The van der Waals surface area contributed by atoms with E-state index in [1.54, 1.807) is 0 Å². The molecule has 0 aliphatic carbocycles. The van der Waals surface area contributed by atoms with Crippen LogP contribution in [0.15, 0.2) is 47.6 Å². The van der Waals surface area contributed by atoms with Crippen LogP contribution in [0.3, 0.4) is 0 Å². The number of nitrogens with zero attached hydrogens (tertiary/aromatic N) is 5. The van der Waals surface area contributed by atoms with Crippen molar-refractivity contribution >= 4 is 12.1 Å². The average molecular weight is 493 g/mol. The highest BCUT2D eigenvalue weighted by molar-refractivity contribution is 5.80. The number of aliphatic hydroxyl groups is 1. The number of carbonyl (C=O) groups excluding carboxylic acids is 1. The number of carbonyl (C=O) groups is 1. The van der Waals surface area contributed by atoms with Crippen LogP contribution < -0.4 is 16.0 Å². The van der Waals surface area contributed by atoms with Crippen LogP contribution >= 0.6 is 0 Å². The number of rotatable bonds is 7. The summed E-state index contributed by atoms with van der Waals surface area (Å²) in [5.41, 5.74) is 1.45. The highest BCUT2D eigenvalue weighted by Gasteiger charge is 2.39. The molecule has 3 aliphatic heterocycles. The van der Waals surface area contributed by atoms with Gasteiger partial charge < -0.3 is 29.7 Å². The summed E-state index contributed by atoms with van der Waals surface area (Å²) in [5, 5.41) is 16.0. The number of likely N-dealkylation sites (N-methyl/N-ethyl adjacent to an activating group) is 1. The van der Waals surface area contributed by atoms with Crippen molar-refractivity contribution in [1.29, 1.82) is 0 Å². The molecule has 2 atom stereocenters. The fourth-order valence-corrected chi connectivity index (χ4v) is 5.86. The normalized spacial score (nSPS) is 23.7. The summed E-state index contributed by atoms with van der Waals surface area (Å²) in [7, 11) is 4.16. The van der Waals surface area contributed by atoms with E-state index in [0.29, 0.717) is 39.1 Å². The molecule has 5 rings (SSSR count). The smallest absolute Gasteiger partial charge is 0.226 e. The van der Waals surface area contributed by atoms with E-state index in [2.05, 4.69) is 76.5 Å². The Balaban J connectivity index is 1.19. The molecule has 36 heavy (non-hydrogen) atoms. The first-order valence-electron chi connectivity index (χ1n) is 13.3. The molecule has 1 aromatic heterocycles. The second-order valence-corrected chi connectivity index (χ2v) is 10.9. The number of nitrogens with one attached hydrogen (secondary N) is 1. The highest BCUT2D eigenvalue weighted by atomic mass is 16.3. The summed E-state index contributed by atoms with van der Waals surface area (Å²) in [6.07, 6.45) is 6.28. The molecular formula is C28H40N6O2. The van der Waals surface area contributed by atoms with Crippen LogP contribution in [0.4, 0.5) is 0 Å². The molecule has 8 nitrogen and oxygen atoms in total. The van der Waals surface area contributed by atoms with Crippen LogP contribution in [0.5, 0.6) is 0 Å². The number of hydrogen-bond donors (Lipinski definition) is 2. The van der Waals surface area contributed by atoms with Crippen LogP contribution in [-0.2, 0) is 11.3 Å². The first kappa shape index (κ1) is 25.0. The van der Waals surface area contributed by atoms with Gasteiger partial charge in [-0.3, -0.25) is 4.79 Å². The number of likely N-dealkylation sites (tertiary alicyclic amines) is 1. The van der Waals surface area contributed by atoms with Crippen molar-refractivity contribution in [3.63, 3.8) is 0 Å². The Morgan fingerprint density at radius 2 is 1.97 bits per heavy atom. The zero-order valence-electron chi connectivity index (χ0n) is 21.6. The summed E-state index contributed by atoms with van der Waals surface area (Å²) in [6, 6.07) is 12.5. The highest BCUT2D eigenvalue weighted by Crippen LogP contribution is 2.33. The molecule has 2 N–H and O–H groups in total. The van der Waals surface area contributed by atoms with Gasteiger partial charge in [0.2, 0.25) is 5.91 Å². The molecular weight excluding hydrogens is 452 g/mol. The lowest BCUT2D eigenvalue weighted by Crippen LogP contribution is -2.54. The largest absolute Gasteiger partial charge is 0.388 e. The Hall–Kier alpha value is -2.68. The molecule has 0 radical (unpaired) electrons. The standard InChI is InChI=1S/C28H40N6O2/c1-31(2)16-17-33-13-9-23-19-32(21-30-26(23)33)20-28(36)10-14-34(15-11-28)27(35)24-8-12-29-18-25(24)22-6-4-3-5-7-22/h3-7,9,13,19,24-25,29,36H,8,10-12,14-18,20-21H2,1-2H3/t24-,25+/m1/s1. The molecule has 0 saturated carbocycles. The maximum atomic E-state index is 13.6. The predicted octanol–water partition coefficient (Wildman–Crippen LogP) is 0.427. The number of hydrogen-bond acceptors (Lipinski definition) is 6. The van der Waals surface area contributed by atoms with E-state index >= 15 is 0 Å². The summed E-state index contributed by atoms with van der Waals surface area (Å²) >= 11 is 0. The molecule has 4 heterocycles. The summed E-state index contributed by atoms with van der Waals surface area (Å²) in [6.45, 7) is 5.92. The summed E-state index contributed by atoms with van der Waals surface area (Å²) in [5.74, 6) is 0.455. The van der Waals surface area contributed by atoms with E-state index in [9.17, 15) is 9.90 Å². The molecule has 2 fully saturated rings. The number of benzene rings is 1. The minimum Gasteiger partial charge on any atom is -0.388 e. The number of aromatic nitrogens is 1. The zero-order chi connectivity index (χ0) is 25.1. The Kier molecular flexibility index (Phi) is 7.46. The van der Waals surface area contributed by atoms with Crippen molar-refractivity contribution in [3.05, 3.63) is 58.9 Å².